The maximum absolute atomic E-state index is 13.7. The Labute approximate surface area is 114 Å². The predicted molar refractivity (Wildman–Crippen MR) is 70.6 cm³/mol. The molecule has 0 aliphatic rings. The van der Waals surface area contributed by atoms with Crippen molar-refractivity contribution in [1.29, 1.82) is 10.5 Å². The molecule has 0 atom stereocenters. The van der Waals surface area contributed by atoms with Crippen LogP contribution in [0.2, 0.25) is 5.02 Å². The lowest BCUT2D eigenvalue weighted by Gasteiger charge is -2.09. The molecule has 0 saturated heterocycles. The molecule has 19 heavy (non-hydrogen) atoms. The van der Waals surface area contributed by atoms with E-state index >= 15 is 0 Å². The van der Waals surface area contributed by atoms with E-state index in [4.69, 9.17) is 22.1 Å². The second kappa shape index (κ2) is 5.39. The molecule has 2 aromatic carbocycles. The zero-order valence-corrected chi connectivity index (χ0v) is 10.4. The van der Waals surface area contributed by atoms with Gasteiger partial charge < -0.3 is 5.32 Å². The van der Waals surface area contributed by atoms with Crippen LogP contribution in [-0.2, 0) is 0 Å². The summed E-state index contributed by atoms with van der Waals surface area (Å²) < 4.78 is 13.7. The van der Waals surface area contributed by atoms with Gasteiger partial charge in [-0.2, -0.15) is 10.5 Å². The molecule has 92 valence electrons. The molecule has 2 rings (SSSR count). The highest BCUT2D eigenvalue weighted by molar-refractivity contribution is 6.33. The Kier molecular flexibility index (Phi) is 3.66. The molecule has 0 fully saturated rings. The van der Waals surface area contributed by atoms with E-state index in [-0.39, 0.29) is 11.3 Å². The third-order valence-corrected chi connectivity index (χ3v) is 2.79. The number of hydrogen-bond donors (Lipinski definition) is 1. The van der Waals surface area contributed by atoms with Crippen LogP contribution in [0.4, 0.5) is 15.8 Å². The third-order valence-electron chi connectivity index (χ3n) is 2.46. The first-order chi connectivity index (χ1) is 9.13. The van der Waals surface area contributed by atoms with Gasteiger partial charge in [0, 0.05) is 0 Å². The maximum atomic E-state index is 13.7. The van der Waals surface area contributed by atoms with Gasteiger partial charge in [0.25, 0.3) is 0 Å². The van der Waals surface area contributed by atoms with Crippen molar-refractivity contribution in [3.05, 3.63) is 58.4 Å². The molecule has 0 heterocycles. The van der Waals surface area contributed by atoms with Crippen LogP contribution in [0.1, 0.15) is 11.1 Å². The second-order valence-electron chi connectivity index (χ2n) is 3.74. The minimum absolute atomic E-state index is 0.191. The van der Waals surface area contributed by atoms with Crippen molar-refractivity contribution < 1.29 is 4.39 Å². The highest BCUT2D eigenvalue weighted by Crippen LogP contribution is 2.28. The van der Waals surface area contributed by atoms with Gasteiger partial charge in [0.15, 0.2) is 0 Å². The number of anilines is 2. The minimum Gasteiger partial charge on any atom is -0.352 e. The zero-order chi connectivity index (χ0) is 13.8. The lowest BCUT2D eigenvalue weighted by atomic mass is 10.2. The molecule has 3 nitrogen and oxygen atoms in total. The van der Waals surface area contributed by atoms with Crippen LogP contribution in [0.15, 0.2) is 36.4 Å². The summed E-state index contributed by atoms with van der Waals surface area (Å²) in [7, 11) is 0. The topological polar surface area (TPSA) is 59.6 Å². The number of nitrogens with one attached hydrogen (secondary N) is 1. The number of rotatable bonds is 2. The van der Waals surface area contributed by atoms with Crippen LogP contribution in [0.5, 0.6) is 0 Å². The van der Waals surface area contributed by atoms with Gasteiger partial charge >= 0.3 is 0 Å². The molecule has 0 bridgehead atoms. The predicted octanol–water partition coefficient (Wildman–Crippen LogP) is 3.97. The van der Waals surface area contributed by atoms with Gasteiger partial charge in [0.1, 0.15) is 5.82 Å². The van der Waals surface area contributed by atoms with Gasteiger partial charge in [-0.15, -0.1) is 0 Å². The molecule has 0 aliphatic carbocycles. The molecule has 0 aliphatic heterocycles. The molecule has 0 radical (unpaired) electrons. The largest absolute Gasteiger partial charge is 0.352 e. The Morgan fingerprint density at radius 3 is 2.21 bits per heavy atom. The van der Waals surface area contributed by atoms with E-state index in [9.17, 15) is 4.39 Å². The van der Waals surface area contributed by atoms with Crippen molar-refractivity contribution in [1.82, 2.24) is 0 Å². The van der Waals surface area contributed by atoms with E-state index in [2.05, 4.69) is 5.32 Å². The van der Waals surface area contributed by atoms with E-state index in [1.165, 1.54) is 18.2 Å². The van der Waals surface area contributed by atoms with Crippen molar-refractivity contribution in [3.63, 3.8) is 0 Å². The lowest BCUT2D eigenvalue weighted by molar-refractivity contribution is 0.631. The Bertz CT molecular complexity index is 714. The first-order valence-electron chi connectivity index (χ1n) is 5.30. The summed E-state index contributed by atoms with van der Waals surface area (Å²) in [4.78, 5) is 0. The normalized spacial score (nSPS) is 9.47. The van der Waals surface area contributed by atoms with Gasteiger partial charge in [-0.05, 0) is 36.4 Å². The van der Waals surface area contributed by atoms with E-state index in [1.54, 1.807) is 12.1 Å². The number of nitriles is 2. The molecule has 2 aromatic rings. The Balaban J connectivity index is 2.37. The molecule has 0 spiro atoms. The maximum Gasteiger partial charge on any atom is 0.147 e. The summed E-state index contributed by atoms with van der Waals surface area (Å²) >= 11 is 5.97. The van der Waals surface area contributed by atoms with Crippen molar-refractivity contribution in [2.24, 2.45) is 0 Å². The third kappa shape index (κ3) is 2.82. The molecular weight excluding hydrogens is 265 g/mol. The van der Waals surface area contributed by atoms with Crippen molar-refractivity contribution >= 4 is 23.0 Å². The minimum atomic E-state index is -0.558. The smallest absolute Gasteiger partial charge is 0.147 e. The quantitative estimate of drug-likeness (QED) is 0.899. The molecule has 5 heteroatoms. The fraction of sp³-hybridized carbons (Fsp3) is 0. The van der Waals surface area contributed by atoms with E-state index in [1.807, 2.05) is 12.1 Å². The number of benzene rings is 2. The highest BCUT2D eigenvalue weighted by Gasteiger charge is 2.07. The summed E-state index contributed by atoms with van der Waals surface area (Å²) in [5.41, 5.74) is 1.28. The van der Waals surface area contributed by atoms with E-state index in [0.29, 0.717) is 16.3 Å². The summed E-state index contributed by atoms with van der Waals surface area (Å²) in [5.74, 6) is -0.558. The first kappa shape index (κ1) is 12.9. The molecule has 0 aromatic heterocycles. The summed E-state index contributed by atoms with van der Waals surface area (Å²) in [6, 6.07) is 12.6. The van der Waals surface area contributed by atoms with Crippen LogP contribution in [-0.4, -0.2) is 0 Å². The fourth-order valence-corrected chi connectivity index (χ4v) is 1.69. The Morgan fingerprint density at radius 2 is 1.58 bits per heavy atom. The summed E-state index contributed by atoms with van der Waals surface area (Å²) in [6.07, 6.45) is 0. The monoisotopic (exact) mass is 271 g/mol. The average molecular weight is 272 g/mol. The SMILES string of the molecule is N#Cc1ccc(Nc2cc(C#N)ccc2Cl)c(F)c1. The van der Waals surface area contributed by atoms with Crippen molar-refractivity contribution in [2.75, 3.05) is 5.32 Å². The number of halogens is 2. The van der Waals surface area contributed by atoms with Crippen molar-refractivity contribution in [2.45, 2.75) is 0 Å². The number of nitrogens with zero attached hydrogens (tertiary/aromatic N) is 2. The van der Waals surface area contributed by atoms with E-state index in [0.717, 1.165) is 6.07 Å². The Morgan fingerprint density at radius 1 is 0.947 bits per heavy atom. The lowest BCUT2D eigenvalue weighted by Crippen LogP contribution is -1.95. The van der Waals surface area contributed by atoms with Gasteiger partial charge in [0.05, 0.1) is 39.7 Å². The van der Waals surface area contributed by atoms with Crippen LogP contribution in [0.25, 0.3) is 0 Å². The summed E-state index contributed by atoms with van der Waals surface area (Å²) in [6.45, 7) is 0. The van der Waals surface area contributed by atoms with Crippen molar-refractivity contribution in [3.8, 4) is 12.1 Å². The molecule has 1 N–H and O–H groups in total. The number of hydrogen-bond acceptors (Lipinski definition) is 3. The van der Waals surface area contributed by atoms with Gasteiger partial charge in [-0.1, -0.05) is 11.6 Å². The standard InChI is InChI=1S/C14H7ClFN3/c15-11-3-1-10(8-18)6-14(11)19-13-4-2-9(7-17)5-12(13)16/h1-6,19H. The average Bonchev–Trinajstić information content (AvgIpc) is 2.43. The second-order valence-corrected chi connectivity index (χ2v) is 4.15. The van der Waals surface area contributed by atoms with Gasteiger partial charge in [0.2, 0.25) is 0 Å². The van der Waals surface area contributed by atoms with E-state index < -0.39 is 5.82 Å². The van der Waals surface area contributed by atoms with Crippen LogP contribution in [0.3, 0.4) is 0 Å². The highest BCUT2D eigenvalue weighted by atomic mass is 35.5. The molecule has 0 amide bonds. The zero-order valence-electron chi connectivity index (χ0n) is 9.61. The summed E-state index contributed by atoms with van der Waals surface area (Å²) in [5, 5.41) is 20.6. The van der Waals surface area contributed by atoms with Crippen LogP contribution in [0, 0.1) is 28.5 Å². The first-order valence-corrected chi connectivity index (χ1v) is 5.68. The fourth-order valence-electron chi connectivity index (χ4n) is 1.52. The van der Waals surface area contributed by atoms with Gasteiger partial charge in [-0.25, -0.2) is 4.39 Å². The Hall–Kier alpha value is -2.56. The van der Waals surface area contributed by atoms with Gasteiger partial charge in [-0.3, -0.25) is 0 Å². The molecule has 0 unspecified atom stereocenters. The molecular formula is C14H7ClFN3. The van der Waals surface area contributed by atoms with Crippen LogP contribution >= 0.6 is 11.6 Å². The van der Waals surface area contributed by atoms with Crippen LogP contribution < -0.4 is 5.32 Å². The molecule has 0 saturated carbocycles.